The van der Waals surface area contributed by atoms with Crippen LogP contribution in [-0.4, -0.2) is 73.0 Å². The highest BCUT2D eigenvalue weighted by Crippen LogP contribution is 2.18. The Bertz CT molecular complexity index is 440. The van der Waals surface area contributed by atoms with E-state index < -0.39 is 0 Å². The average molecular weight is 295 g/mol. The van der Waals surface area contributed by atoms with Crippen LogP contribution >= 0.6 is 0 Å². The van der Waals surface area contributed by atoms with E-state index in [1.807, 2.05) is 0 Å². The predicted octanol–water partition coefficient (Wildman–Crippen LogP) is -1.03. The lowest BCUT2D eigenvalue weighted by atomic mass is 10.1. The highest BCUT2D eigenvalue weighted by atomic mass is 16.5. The van der Waals surface area contributed by atoms with Gasteiger partial charge < -0.3 is 19.9 Å². The SMILES string of the molecule is O=C1CC(C(=O)N2CCN(C(=O)C3CCCO3)CC2)CN1. The maximum atomic E-state index is 12.3. The fraction of sp³-hybridized carbons (Fsp3) is 0.786. The van der Waals surface area contributed by atoms with E-state index in [0.717, 1.165) is 12.8 Å². The monoisotopic (exact) mass is 295 g/mol. The Morgan fingerprint density at radius 3 is 2.29 bits per heavy atom. The average Bonchev–Trinajstić information content (AvgIpc) is 3.17. The zero-order valence-electron chi connectivity index (χ0n) is 12.0. The van der Waals surface area contributed by atoms with Crippen molar-refractivity contribution >= 4 is 17.7 Å². The fourth-order valence-electron chi connectivity index (χ4n) is 3.16. The number of ether oxygens (including phenoxy) is 1. The standard InChI is InChI=1S/C14H21N3O4/c18-12-8-10(9-15-12)13(19)16-3-5-17(6-4-16)14(20)11-2-1-7-21-11/h10-11H,1-9H2,(H,15,18). The van der Waals surface area contributed by atoms with E-state index in [9.17, 15) is 14.4 Å². The van der Waals surface area contributed by atoms with Crippen LogP contribution in [0.25, 0.3) is 0 Å². The first-order valence-corrected chi connectivity index (χ1v) is 7.61. The minimum atomic E-state index is -0.288. The molecule has 3 aliphatic heterocycles. The second kappa shape index (κ2) is 6.01. The zero-order valence-corrected chi connectivity index (χ0v) is 12.0. The van der Waals surface area contributed by atoms with Crippen LogP contribution in [0.2, 0.25) is 0 Å². The molecule has 2 unspecified atom stereocenters. The van der Waals surface area contributed by atoms with Crippen LogP contribution in [0.3, 0.4) is 0 Å². The van der Waals surface area contributed by atoms with Gasteiger partial charge in [-0.1, -0.05) is 0 Å². The topological polar surface area (TPSA) is 79.0 Å². The molecule has 1 N–H and O–H groups in total. The quantitative estimate of drug-likeness (QED) is 0.707. The Balaban J connectivity index is 1.49. The molecule has 0 radical (unpaired) electrons. The third-order valence-corrected chi connectivity index (χ3v) is 4.43. The minimum absolute atomic E-state index is 0.0255. The molecule has 3 saturated heterocycles. The molecule has 0 aliphatic carbocycles. The summed E-state index contributed by atoms with van der Waals surface area (Å²) in [6.07, 6.45) is 1.74. The molecule has 3 fully saturated rings. The van der Waals surface area contributed by atoms with Gasteiger partial charge in [0.1, 0.15) is 6.10 Å². The van der Waals surface area contributed by atoms with Crippen molar-refractivity contribution in [1.82, 2.24) is 15.1 Å². The van der Waals surface area contributed by atoms with Crippen LogP contribution in [0.5, 0.6) is 0 Å². The summed E-state index contributed by atoms with van der Waals surface area (Å²) in [5.41, 5.74) is 0. The van der Waals surface area contributed by atoms with Gasteiger partial charge in [0.05, 0.1) is 5.92 Å². The third kappa shape index (κ3) is 3.02. The van der Waals surface area contributed by atoms with Crippen LogP contribution in [0.4, 0.5) is 0 Å². The van der Waals surface area contributed by atoms with Gasteiger partial charge in [-0.25, -0.2) is 0 Å². The van der Waals surface area contributed by atoms with E-state index in [0.29, 0.717) is 39.3 Å². The molecule has 0 saturated carbocycles. The van der Waals surface area contributed by atoms with Crippen LogP contribution in [0.1, 0.15) is 19.3 Å². The van der Waals surface area contributed by atoms with E-state index in [2.05, 4.69) is 5.32 Å². The second-order valence-corrected chi connectivity index (χ2v) is 5.86. The molecule has 7 heteroatoms. The number of rotatable bonds is 2. The van der Waals surface area contributed by atoms with Crippen LogP contribution in [0.15, 0.2) is 0 Å². The summed E-state index contributed by atoms with van der Waals surface area (Å²) < 4.78 is 5.42. The van der Waals surface area contributed by atoms with Crippen molar-refractivity contribution in [2.24, 2.45) is 5.92 Å². The Kier molecular flexibility index (Phi) is 4.10. The van der Waals surface area contributed by atoms with Gasteiger partial charge in [-0.15, -0.1) is 0 Å². The van der Waals surface area contributed by atoms with E-state index in [-0.39, 0.29) is 36.2 Å². The molecule has 0 aromatic carbocycles. The summed E-state index contributed by atoms with van der Waals surface area (Å²) in [5.74, 6) is -0.215. The summed E-state index contributed by atoms with van der Waals surface area (Å²) in [6, 6.07) is 0. The molecule has 3 amide bonds. The molecule has 0 aromatic rings. The number of piperazine rings is 1. The van der Waals surface area contributed by atoms with Gasteiger partial charge in [0.25, 0.3) is 5.91 Å². The van der Waals surface area contributed by atoms with Crippen molar-refractivity contribution in [1.29, 1.82) is 0 Å². The van der Waals surface area contributed by atoms with Gasteiger partial charge in [0.2, 0.25) is 11.8 Å². The van der Waals surface area contributed by atoms with E-state index in [1.165, 1.54) is 0 Å². The van der Waals surface area contributed by atoms with Gasteiger partial charge in [0, 0.05) is 45.8 Å². The lowest BCUT2D eigenvalue weighted by Gasteiger charge is -2.36. The van der Waals surface area contributed by atoms with Gasteiger partial charge in [0.15, 0.2) is 0 Å². The smallest absolute Gasteiger partial charge is 0.251 e. The molecule has 7 nitrogen and oxygen atoms in total. The molecule has 3 aliphatic rings. The number of nitrogens with one attached hydrogen (secondary N) is 1. The molecule has 2 atom stereocenters. The second-order valence-electron chi connectivity index (χ2n) is 5.86. The van der Waals surface area contributed by atoms with E-state index >= 15 is 0 Å². The highest BCUT2D eigenvalue weighted by molar-refractivity contribution is 5.89. The predicted molar refractivity (Wildman–Crippen MR) is 73.3 cm³/mol. The van der Waals surface area contributed by atoms with E-state index in [4.69, 9.17) is 4.74 Å². The third-order valence-electron chi connectivity index (χ3n) is 4.43. The zero-order chi connectivity index (χ0) is 14.8. The Hall–Kier alpha value is -1.63. The summed E-state index contributed by atoms with van der Waals surface area (Å²) >= 11 is 0. The van der Waals surface area contributed by atoms with Gasteiger partial charge in [-0.3, -0.25) is 14.4 Å². The van der Waals surface area contributed by atoms with Crippen molar-refractivity contribution in [2.75, 3.05) is 39.3 Å². The first-order valence-electron chi connectivity index (χ1n) is 7.61. The fourth-order valence-corrected chi connectivity index (χ4v) is 3.16. The van der Waals surface area contributed by atoms with Crippen LogP contribution < -0.4 is 5.32 Å². The maximum absolute atomic E-state index is 12.3. The number of carbonyl (C=O) groups excluding carboxylic acids is 3. The lowest BCUT2D eigenvalue weighted by Crippen LogP contribution is -2.54. The summed E-state index contributed by atoms with van der Waals surface area (Å²) in [7, 11) is 0. The first kappa shape index (κ1) is 14.3. The largest absolute Gasteiger partial charge is 0.368 e. The number of hydrogen-bond acceptors (Lipinski definition) is 4. The Morgan fingerprint density at radius 2 is 1.76 bits per heavy atom. The molecule has 116 valence electrons. The van der Waals surface area contributed by atoms with Crippen molar-refractivity contribution in [2.45, 2.75) is 25.4 Å². The van der Waals surface area contributed by atoms with Crippen LogP contribution in [-0.2, 0) is 19.1 Å². The number of carbonyl (C=O) groups is 3. The van der Waals surface area contributed by atoms with Gasteiger partial charge >= 0.3 is 0 Å². The molecular weight excluding hydrogens is 274 g/mol. The van der Waals surface area contributed by atoms with Crippen molar-refractivity contribution < 1.29 is 19.1 Å². The van der Waals surface area contributed by atoms with Gasteiger partial charge in [-0.05, 0) is 12.8 Å². The molecular formula is C14H21N3O4. The maximum Gasteiger partial charge on any atom is 0.251 e. The van der Waals surface area contributed by atoms with Crippen molar-refractivity contribution in [3.8, 4) is 0 Å². The van der Waals surface area contributed by atoms with Crippen LogP contribution in [0, 0.1) is 5.92 Å². The normalized spacial score (nSPS) is 29.6. The molecule has 3 rings (SSSR count). The molecule has 0 bridgehead atoms. The molecule has 21 heavy (non-hydrogen) atoms. The molecule has 3 heterocycles. The molecule has 0 spiro atoms. The van der Waals surface area contributed by atoms with Gasteiger partial charge in [-0.2, -0.15) is 0 Å². The number of nitrogens with zero attached hydrogens (tertiary/aromatic N) is 2. The van der Waals surface area contributed by atoms with Crippen molar-refractivity contribution in [3.63, 3.8) is 0 Å². The Labute approximate surface area is 123 Å². The highest BCUT2D eigenvalue weighted by Gasteiger charge is 2.35. The lowest BCUT2D eigenvalue weighted by molar-refractivity contribution is -0.147. The molecule has 0 aromatic heterocycles. The minimum Gasteiger partial charge on any atom is -0.368 e. The Morgan fingerprint density at radius 1 is 1.10 bits per heavy atom. The van der Waals surface area contributed by atoms with E-state index in [1.54, 1.807) is 9.80 Å². The number of amides is 3. The summed E-state index contributed by atoms with van der Waals surface area (Å²) in [5, 5.41) is 2.69. The first-order chi connectivity index (χ1) is 10.1. The summed E-state index contributed by atoms with van der Waals surface area (Å²) in [6.45, 7) is 3.30. The summed E-state index contributed by atoms with van der Waals surface area (Å²) in [4.78, 5) is 39.2. The van der Waals surface area contributed by atoms with Crippen molar-refractivity contribution in [3.05, 3.63) is 0 Å². The number of hydrogen-bond donors (Lipinski definition) is 1.